The molecule has 0 heterocycles. The third kappa shape index (κ3) is 2.98. The smallest absolute Gasteiger partial charge is 0.0214 e. The van der Waals surface area contributed by atoms with Gasteiger partial charge in [0.05, 0.1) is 0 Å². The standard InChI is InChI=1S/C10H17Br/c1-9(7-8-11)10-5-3-2-4-6-10/h7,10H,2-6,8H2,1H3/b9-7+. The normalized spacial score (nSPS) is 22.2. The van der Waals surface area contributed by atoms with Gasteiger partial charge in [-0.15, -0.1) is 0 Å². The van der Waals surface area contributed by atoms with Gasteiger partial charge in [0.2, 0.25) is 0 Å². The Hall–Kier alpha value is 0.220. The maximum Gasteiger partial charge on any atom is 0.0214 e. The lowest BCUT2D eigenvalue weighted by atomic mass is 9.84. The third-order valence-electron chi connectivity index (χ3n) is 2.65. The molecule has 0 spiro atoms. The molecule has 0 aromatic carbocycles. The molecule has 0 amide bonds. The molecule has 1 heteroatoms. The first-order valence-corrected chi connectivity index (χ1v) is 5.69. The molecule has 0 radical (unpaired) electrons. The average Bonchev–Trinajstić information content (AvgIpc) is 2.07. The monoisotopic (exact) mass is 216 g/mol. The molecule has 1 fully saturated rings. The van der Waals surface area contributed by atoms with E-state index >= 15 is 0 Å². The fourth-order valence-corrected chi connectivity index (χ4v) is 2.36. The molecule has 0 saturated heterocycles. The summed E-state index contributed by atoms with van der Waals surface area (Å²) < 4.78 is 0. The lowest BCUT2D eigenvalue weighted by Crippen LogP contribution is -2.07. The minimum atomic E-state index is 0.904. The van der Waals surface area contributed by atoms with Crippen LogP contribution < -0.4 is 0 Å². The second kappa shape index (κ2) is 4.97. The first-order chi connectivity index (χ1) is 5.34. The van der Waals surface area contributed by atoms with Crippen molar-refractivity contribution in [3.8, 4) is 0 Å². The summed E-state index contributed by atoms with van der Waals surface area (Å²) in [6, 6.07) is 0. The van der Waals surface area contributed by atoms with Crippen molar-refractivity contribution in [1.29, 1.82) is 0 Å². The Morgan fingerprint density at radius 2 is 2.00 bits per heavy atom. The fourth-order valence-electron chi connectivity index (χ4n) is 1.85. The van der Waals surface area contributed by atoms with Crippen LogP contribution in [0.25, 0.3) is 0 Å². The Morgan fingerprint density at radius 3 is 2.55 bits per heavy atom. The molecule has 0 aromatic heterocycles. The molecule has 64 valence electrons. The van der Waals surface area contributed by atoms with Crippen molar-refractivity contribution >= 4 is 15.9 Å². The molecule has 1 rings (SSSR count). The zero-order valence-corrected chi connectivity index (χ0v) is 8.86. The highest BCUT2D eigenvalue weighted by molar-refractivity contribution is 9.09. The van der Waals surface area contributed by atoms with Gasteiger partial charge in [0.1, 0.15) is 0 Å². The van der Waals surface area contributed by atoms with Crippen molar-refractivity contribution in [2.75, 3.05) is 5.33 Å². The summed E-state index contributed by atoms with van der Waals surface area (Å²) in [5, 5.41) is 1.02. The molecule has 1 aliphatic carbocycles. The van der Waals surface area contributed by atoms with Gasteiger partial charge in [0.15, 0.2) is 0 Å². The predicted molar refractivity (Wildman–Crippen MR) is 54.1 cm³/mol. The van der Waals surface area contributed by atoms with Crippen LogP contribution in [-0.2, 0) is 0 Å². The summed E-state index contributed by atoms with van der Waals surface area (Å²) in [5.74, 6) is 0.904. The molecule has 0 atom stereocenters. The minimum Gasteiger partial charge on any atom is -0.0883 e. The fraction of sp³-hybridized carbons (Fsp3) is 0.800. The van der Waals surface area contributed by atoms with E-state index in [9.17, 15) is 0 Å². The maximum atomic E-state index is 3.44. The lowest BCUT2D eigenvalue weighted by Gasteiger charge is -2.22. The zero-order valence-electron chi connectivity index (χ0n) is 7.28. The van der Waals surface area contributed by atoms with Crippen molar-refractivity contribution in [2.45, 2.75) is 39.0 Å². The van der Waals surface area contributed by atoms with E-state index in [1.165, 1.54) is 32.1 Å². The van der Waals surface area contributed by atoms with E-state index in [1.54, 1.807) is 5.57 Å². The number of rotatable bonds is 2. The van der Waals surface area contributed by atoms with Gasteiger partial charge in [-0.1, -0.05) is 46.8 Å². The summed E-state index contributed by atoms with van der Waals surface area (Å²) in [4.78, 5) is 0. The third-order valence-corrected chi connectivity index (χ3v) is 2.97. The van der Waals surface area contributed by atoms with Gasteiger partial charge < -0.3 is 0 Å². The molecular formula is C10H17Br. The van der Waals surface area contributed by atoms with E-state index in [0.717, 1.165) is 11.2 Å². The maximum absolute atomic E-state index is 3.44. The molecule has 0 nitrogen and oxygen atoms in total. The Balaban J connectivity index is 2.38. The predicted octanol–water partition coefficient (Wildman–Crippen LogP) is 3.91. The highest BCUT2D eigenvalue weighted by Crippen LogP contribution is 2.29. The molecule has 0 N–H and O–H groups in total. The number of allylic oxidation sites excluding steroid dienone is 2. The van der Waals surface area contributed by atoms with Crippen molar-refractivity contribution in [3.63, 3.8) is 0 Å². The van der Waals surface area contributed by atoms with E-state index < -0.39 is 0 Å². The second-order valence-corrected chi connectivity index (χ2v) is 4.08. The molecule has 11 heavy (non-hydrogen) atoms. The van der Waals surface area contributed by atoms with Gasteiger partial charge in [-0.3, -0.25) is 0 Å². The van der Waals surface area contributed by atoms with Crippen LogP contribution in [0.15, 0.2) is 11.6 Å². The minimum absolute atomic E-state index is 0.904. The van der Waals surface area contributed by atoms with Gasteiger partial charge >= 0.3 is 0 Å². The van der Waals surface area contributed by atoms with Crippen LogP contribution in [0.5, 0.6) is 0 Å². The van der Waals surface area contributed by atoms with E-state index in [-0.39, 0.29) is 0 Å². The number of hydrogen-bond acceptors (Lipinski definition) is 0. The molecule has 1 aliphatic rings. The molecule has 0 aromatic rings. The van der Waals surface area contributed by atoms with Gasteiger partial charge in [-0.05, 0) is 25.7 Å². The van der Waals surface area contributed by atoms with Gasteiger partial charge in [-0.25, -0.2) is 0 Å². The second-order valence-electron chi connectivity index (χ2n) is 3.44. The summed E-state index contributed by atoms with van der Waals surface area (Å²) in [6.07, 6.45) is 9.51. The zero-order chi connectivity index (χ0) is 8.10. The van der Waals surface area contributed by atoms with Crippen LogP contribution in [0.3, 0.4) is 0 Å². The SMILES string of the molecule is C/C(=C\CBr)C1CCCCC1. The van der Waals surface area contributed by atoms with Crippen molar-refractivity contribution in [1.82, 2.24) is 0 Å². The summed E-state index contributed by atoms with van der Waals surface area (Å²) >= 11 is 3.44. The molecule has 0 bridgehead atoms. The highest BCUT2D eigenvalue weighted by atomic mass is 79.9. The largest absolute Gasteiger partial charge is 0.0883 e. The first-order valence-electron chi connectivity index (χ1n) is 4.57. The van der Waals surface area contributed by atoms with Crippen molar-refractivity contribution < 1.29 is 0 Å². The molecule has 1 saturated carbocycles. The average molecular weight is 217 g/mol. The molecule has 0 aliphatic heterocycles. The van der Waals surface area contributed by atoms with E-state index in [0.29, 0.717) is 0 Å². The first kappa shape index (κ1) is 9.31. The summed E-state index contributed by atoms with van der Waals surface area (Å²) in [5.41, 5.74) is 1.60. The highest BCUT2D eigenvalue weighted by Gasteiger charge is 2.13. The van der Waals surface area contributed by atoms with Gasteiger partial charge in [0.25, 0.3) is 0 Å². The van der Waals surface area contributed by atoms with Crippen LogP contribution >= 0.6 is 15.9 Å². The topological polar surface area (TPSA) is 0 Å². The summed E-state index contributed by atoms with van der Waals surface area (Å²) in [7, 11) is 0. The van der Waals surface area contributed by atoms with Crippen LogP contribution in [-0.4, -0.2) is 5.33 Å². The van der Waals surface area contributed by atoms with Crippen molar-refractivity contribution in [3.05, 3.63) is 11.6 Å². The van der Waals surface area contributed by atoms with Crippen LogP contribution in [0.2, 0.25) is 0 Å². The van der Waals surface area contributed by atoms with Crippen molar-refractivity contribution in [2.24, 2.45) is 5.92 Å². The van der Waals surface area contributed by atoms with Gasteiger partial charge in [0, 0.05) is 5.33 Å². The number of alkyl halides is 1. The van der Waals surface area contributed by atoms with E-state index in [2.05, 4.69) is 28.9 Å². The van der Waals surface area contributed by atoms with Crippen LogP contribution in [0.1, 0.15) is 39.0 Å². The molecule has 0 unspecified atom stereocenters. The number of hydrogen-bond donors (Lipinski definition) is 0. The van der Waals surface area contributed by atoms with E-state index in [4.69, 9.17) is 0 Å². The molecular weight excluding hydrogens is 200 g/mol. The quantitative estimate of drug-likeness (QED) is 0.486. The lowest BCUT2D eigenvalue weighted by molar-refractivity contribution is 0.402. The Kier molecular flexibility index (Phi) is 4.21. The Labute approximate surface area is 78.2 Å². The van der Waals surface area contributed by atoms with Gasteiger partial charge in [-0.2, -0.15) is 0 Å². The summed E-state index contributed by atoms with van der Waals surface area (Å²) in [6.45, 7) is 2.28. The Bertz CT molecular complexity index is 132. The van der Waals surface area contributed by atoms with E-state index in [1.807, 2.05) is 0 Å². The number of halogens is 1. The van der Waals surface area contributed by atoms with Crippen LogP contribution in [0, 0.1) is 5.92 Å². The Morgan fingerprint density at radius 1 is 1.36 bits per heavy atom. The van der Waals surface area contributed by atoms with Crippen LogP contribution in [0.4, 0.5) is 0 Å².